The zero-order valence-corrected chi connectivity index (χ0v) is 14.9. The van der Waals surface area contributed by atoms with Crippen LogP contribution in [0.1, 0.15) is 19.4 Å². The highest BCUT2D eigenvalue weighted by atomic mass is 35.5. The van der Waals surface area contributed by atoms with Crippen LogP contribution in [0, 0.1) is 18.6 Å². The Kier molecular flexibility index (Phi) is 3.65. The maximum absolute atomic E-state index is 14.6. The van der Waals surface area contributed by atoms with Crippen molar-refractivity contribution < 1.29 is 8.78 Å². The Balaban J connectivity index is 1.97. The molecule has 0 saturated carbocycles. The van der Waals surface area contributed by atoms with Gasteiger partial charge in [-0.25, -0.2) is 8.78 Å². The van der Waals surface area contributed by atoms with Crippen molar-refractivity contribution in [2.45, 2.75) is 32.5 Å². The van der Waals surface area contributed by atoms with Gasteiger partial charge < -0.3 is 5.32 Å². The van der Waals surface area contributed by atoms with Gasteiger partial charge >= 0.3 is 0 Å². The van der Waals surface area contributed by atoms with Crippen molar-refractivity contribution in [1.29, 1.82) is 0 Å². The van der Waals surface area contributed by atoms with Crippen LogP contribution in [-0.2, 0) is 0 Å². The molecule has 10 heteroatoms. The average molecular weight is 378 g/mol. The molecule has 1 N–H and O–H groups in total. The van der Waals surface area contributed by atoms with Crippen molar-refractivity contribution in [3.05, 3.63) is 40.8 Å². The molecule has 26 heavy (non-hydrogen) atoms. The summed E-state index contributed by atoms with van der Waals surface area (Å²) >= 11 is 6.28. The number of aryl methyl sites for hydroxylation is 1. The summed E-state index contributed by atoms with van der Waals surface area (Å²) in [6.07, 6.45) is 1.29. The maximum Gasteiger partial charge on any atom is 0.255 e. The minimum Gasteiger partial charge on any atom is -0.362 e. The number of aromatic nitrogens is 4. The third-order valence-electron chi connectivity index (χ3n) is 4.41. The number of rotatable bonds is 4. The summed E-state index contributed by atoms with van der Waals surface area (Å²) in [5.41, 5.74) is -0.379. The molecule has 4 rings (SSSR count). The quantitative estimate of drug-likeness (QED) is 0.696. The van der Waals surface area contributed by atoms with E-state index in [0.717, 1.165) is 0 Å². The Hall–Kier alpha value is -2.68. The number of benzene rings is 1. The van der Waals surface area contributed by atoms with E-state index in [1.807, 2.05) is 13.8 Å². The van der Waals surface area contributed by atoms with Crippen molar-refractivity contribution >= 4 is 23.2 Å². The normalized spacial score (nSPS) is 16.1. The first-order chi connectivity index (χ1) is 12.3. The lowest BCUT2D eigenvalue weighted by Gasteiger charge is -2.21. The van der Waals surface area contributed by atoms with Crippen LogP contribution in [0.4, 0.5) is 14.6 Å². The molecule has 1 unspecified atom stereocenters. The zero-order chi connectivity index (χ0) is 18.6. The van der Waals surface area contributed by atoms with Crippen LogP contribution in [0.5, 0.6) is 0 Å². The third kappa shape index (κ3) is 2.59. The molecular weight excluding hydrogens is 364 g/mol. The van der Waals surface area contributed by atoms with Crippen molar-refractivity contribution in [3.63, 3.8) is 0 Å². The molecule has 134 valence electrons. The van der Waals surface area contributed by atoms with E-state index in [1.54, 1.807) is 6.92 Å². The van der Waals surface area contributed by atoms with Gasteiger partial charge in [-0.2, -0.15) is 29.8 Å². The van der Waals surface area contributed by atoms with E-state index in [1.165, 1.54) is 23.0 Å². The van der Waals surface area contributed by atoms with Gasteiger partial charge in [-0.1, -0.05) is 11.6 Å². The highest BCUT2D eigenvalue weighted by Gasteiger charge is 2.41. The summed E-state index contributed by atoms with van der Waals surface area (Å²) in [6.45, 7) is 5.29. The lowest BCUT2D eigenvalue weighted by molar-refractivity contribution is 0.569. The van der Waals surface area contributed by atoms with E-state index in [2.05, 4.69) is 30.6 Å². The molecule has 3 heterocycles. The minimum absolute atomic E-state index is 0.0655. The Morgan fingerprint density at radius 2 is 1.85 bits per heavy atom. The summed E-state index contributed by atoms with van der Waals surface area (Å²) in [5, 5.41) is 15.2. The number of nitrogens with one attached hydrogen (secondary N) is 1. The molecule has 1 aliphatic rings. The highest BCUT2D eigenvalue weighted by molar-refractivity contribution is 6.33. The first-order valence-electron chi connectivity index (χ1n) is 7.86. The van der Waals surface area contributed by atoms with Gasteiger partial charge in [-0.3, -0.25) is 0 Å². The Bertz CT molecular complexity index is 1030. The van der Waals surface area contributed by atoms with Gasteiger partial charge in [0, 0.05) is 0 Å². The number of fused-ring (bicyclic) bond motifs is 1. The molecule has 7 nitrogen and oxygen atoms in total. The Labute approximate surface area is 152 Å². The molecule has 0 spiro atoms. The fourth-order valence-corrected chi connectivity index (χ4v) is 2.96. The fourth-order valence-electron chi connectivity index (χ4n) is 2.70. The molecule has 0 saturated heterocycles. The van der Waals surface area contributed by atoms with Crippen LogP contribution in [0.25, 0.3) is 16.9 Å². The van der Waals surface area contributed by atoms with Gasteiger partial charge in [0.1, 0.15) is 28.9 Å². The summed E-state index contributed by atoms with van der Waals surface area (Å²) < 4.78 is 30.6. The molecule has 1 aromatic carbocycles. The van der Waals surface area contributed by atoms with Crippen LogP contribution in [0.15, 0.2) is 28.7 Å². The van der Waals surface area contributed by atoms with Crippen molar-refractivity contribution in [2.24, 2.45) is 10.2 Å². The lowest BCUT2D eigenvalue weighted by Crippen LogP contribution is -2.32. The number of hydrogen-bond acceptors (Lipinski definition) is 6. The fraction of sp³-hybridized carbons (Fsp3) is 0.312. The SMILES string of the molecule is Cc1cc(F)c(-c2c(Cl)nc3ncnn3c2NC(C)C2(C)N=N2)c(F)c1. The van der Waals surface area contributed by atoms with E-state index in [9.17, 15) is 8.78 Å². The van der Waals surface area contributed by atoms with Crippen molar-refractivity contribution in [2.75, 3.05) is 5.32 Å². The van der Waals surface area contributed by atoms with Gasteiger partial charge in [0.05, 0.1) is 17.2 Å². The zero-order valence-electron chi connectivity index (χ0n) is 14.1. The van der Waals surface area contributed by atoms with E-state index < -0.39 is 17.3 Å². The van der Waals surface area contributed by atoms with Crippen LogP contribution in [0.2, 0.25) is 5.15 Å². The van der Waals surface area contributed by atoms with Crippen molar-refractivity contribution in [3.8, 4) is 11.1 Å². The van der Waals surface area contributed by atoms with Gasteiger partial charge in [0.2, 0.25) is 5.66 Å². The third-order valence-corrected chi connectivity index (χ3v) is 4.68. The second kappa shape index (κ2) is 5.66. The molecule has 1 atom stereocenters. The second-order valence-corrected chi connectivity index (χ2v) is 6.72. The van der Waals surface area contributed by atoms with Gasteiger partial charge in [0.25, 0.3) is 5.78 Å². The summed E-state index contributed by atoms with van der Waals surface area (Å²) in [7, 11) is 0. The molecule has 2 aromatic heterocycles. The summed E-state index contributed by atoms with van der Waals surface area (Å²) in [4.78, 5) is 8.10. The van der Waals surface area contributed by atoms with Crippen LogP contribution >= 0.6 is 11.6 Å². The van der Waals surface area contributed by atoms with Crippen LogP contribution in [0.3, 0.4) is 0 Å². The topological polar surface area (TPSA) is 79.8 Å². The first-order valence-corrected chi connectivity index (χ1v) is 8.24. The number of anilines is 1. The smallest absolute Gasteiger partial charge is 0.255 e. The average Bonchev–Trinajstić information content (AvgIpc) is 3.14. The van der Waals surface area contributed by atoms with Crippen LogP contribution in [-0.4, -0.2) is 31.3 Å². The largest absolute Gasteiger partial charge is 0.362 e. The summed E-state index contributed by atoms with van der Waals surface area (Å²) in [6, 6.07) is 2.20. The molecule has 0 radical (unpaired) electrons. The predicted molar refractivity (Wildman–Crippen MR) is 92.2 cm³/mol. The van der Waals surface area contributed by atoms with E-state index in [-0.39, 0.29) is 33.9 Å². The van der Waals surface area contributed by atoms with Gasteiger partial charge in [-0.15, -0.1) is 0 Å². The first kappa shape index (κ1) is 16.8. The minimum atomic E-state index is -0.742. The van der Waals surface area contributed by atoms with E-state index in [4.69, 9.17) is 11.6 Å². The molecule has 1 aliphatic heterocycles. The predicted octanol–water partition coefficient (Wildman–Crippen LogP) is 4.01. The molecule has 0 bridgehead atoms. The van der Waals surface area contributed by atoms with E-state index in [0.29, 0.717) is 5.56 Å². The second-order valence-electron chi connectivity index (χ2n) is 6.36. The highest BCUT2D eigenvalue weighted by Crippen LogP contribution is 2.40. The number of nitrogens with zero attached hydrogens (tertiary/aromatic N) is 6. The molecule has 0 amide bonds. The van der Waals surface area contributed by atoms with Crippen LogP contribution < -0.4 is 5.32 Å². The van der Waals surface area contributed by atoms with Gasteiger partial charge in [-0.05, 0) is 38.5 Å². The Morgan fingerprint density at radius 3 is 2.46 bits per heavy atom. The Morgan fingerprint density at radius 1 is 1.19 bits per heavy atom. The van der Waals surface area contributed by atoms with Gasteiger partial charge in [0.15, 0.2) is 0 Å². The lowest BCUT2D eigenvalue weighted by atomic mass is 10.0. The summed E-state index contributed by atoms with van der Waals surface area (Å²) in [5.74, 6) is -1.01. The van der Waals surface area contributed by atoms with Crippen molar-refractivity contribution in [1.82, 2.24) is 19.6 Å². The standard InChI is InChI=1S/C16H14ClF2N7/c1-7-4-9(18)11(10(19)5-7)12-13(17)23-15-20-6-21-26(15)14(12)22-8(2)16(3)24-25-16/h4-6,8,22H,1-3H3. The van der Waals surface area contributed by atoms with E-state index >= 15 is 0 Å². The monoisotopic (exact) mass is 377 g/mol. The molecular formula is C16H14ClF2N7. The molecule has 3 aromatic rings. The molecule has 0 aliphatic carbocycles. The maximum atomic E-state index is 14.6. The number of halogens is 3. The number of hydrogen-bond donors (Lipinski definition) is 1. The molecule has 0 fully saturated rings.